The van der Waals surface area contributed by atoms with E-state index in [1.54, 1.807) is 24.3 Å². The molecule has 11 heteroatoms. The number of hydrogen-bond acceptors (Lipinski definition) is 9. The zero-order valence-electron chi connectivity index (χ0n) is 17.7. The van der Waals surface area contributed by atoms with Crippen molar-refractivity contribution in [3.8, 4) is 17.4 Å². The third-order valence-corrected chi connectivity index (χ3v) is 6.21. The predicted molar refractivity (Wildman–Crippen MR) is 124 cm³/mol. The number of nitrogens with one attached hydrogen (secondary N) is 1. The van der Waals surface area contributed by atoms with Crippen molar-refractivity contribution < 1.29 is 14.1 Å². The summed E-state index contributed by atoms with van der Waals surface area (Å²) in [5.41, 5.74) is 0.285. The third kappa shape index (κ3) is 5.24. The van der Waals surface area contributed by atoms with Gasteiger partial charge < -0.3 is 9.32 Å². The fourth-order valence-electron chi connectivity index (χ4n) is 3.41. The molecule has 1 aliphatic rings. The minimum atomic E-state index is -0.624. The molecule has 3 aromatic rings. The van der Waals surface area contributed by atoms with Crippen molar-refractivity contribution in [2.45, 2.75) is 19.8 Å². The molecule has 168 valence electrons. The highest BCUT2D eigenvalue weighted by Gasteiger charge is 2.20. The van der Waals surface area contributed by atoms with E-state index in [0.29, 0.717) is 22.4 Å². The van der Waals surface area contributed by atoms with Crippen LogP contribution >= 0.6 is 11.3 Å². The van der Waals surface area contributed by atoms with E-state index in [9.17, 15) is 20.2 Å². The second kappa shape index (κ2) is 9.62. The molecule has 1 aromatic carbocycles. The summed E-state index contributed by atoms with van der Waals surface area (Å²) in [7, 11) is 0. The number of non-ortho nitro benzene ring substituents is 1. The maximum Gasteiger partial charge on any atom is 0.270 e. The summed E-state index contributed by atoms with van der Waals surface area (Å²) in [6.45, 7) is 4.03. The molecule has 0 bridgehead atoms. The molecule has 1 saturated heterocycles. The van der Waals surface area contributed by atoms with Crippen molar-refractivity contribution in [3.05, 3.63) is 57.8 Å². The molecule has 0 saturated carbocycles. The van der Waals surface area contributed by atoms with Gasteiger partial charge in [-0.05, 0) is 30.9 Å². The number of anilines is 2. The minimum Gasteiger partial charge on any atom is -0.457 e. The predicted octanol–water partition coefficient (Wildman–Crippen LogP) is 4.49. The zero-order chi connectivity index (χ0) is 23.4. The standard InChI is InChI=1S/C22H20N6O4S/c1-14-7-9-27(10-8-14)22-26-25-21(33-22)24-20(29)16(13-23)12-18-5-6-19(32-18)15-3-2-4-17(11-15)28(30)31/h2-6,11-12,14H,7-10H2,1H3,(H,24,25,29)/b16-12-. The quantitative estimate of drug-likeness (QED) is 0.244. The Kier molecular flexibility index (Phi) is 6.46. The number of piperidine rings is 1. The number of rotatable bonds is 6. The number of nitriles is 1. The van der Waals surface area contributed by atoms with Crippen molar-refractivity contribution in [2.75, 3.05) is 23.3 Å². The van der Waals surface area contributed by atoms with Gasteiger partial charge in [-0.2, -0.15) is 5.26 Å². The Bertz CT molecular complexity index is 1250. The van der Waals surface area contributed by atoms with Crippen LogP contribution in [-0.4, -0.2) is 34.1 Å². The Balaban J connectivity index is 1.45. The molecule has 1 aliphatic heterocycles. The molecular formula is C22H20N6O4S. The van der Waals surface area contributed by atoms with Crippen LogP contribution in [0, 0.1) is 27.4 Å². The first-order chi connectivity index (χ1) is 15.9. The van der Waals surface area contributed by atoms with Gasteiger partial charge in [-0.15, -0.1) is 10.2 Å². The Hall–Kier alpha value is -4.04. The minimum absolute atomic E-state index is 0.0615. The highest BCUT2D eigenvalue weighted by Crippen LogP contribution is 2.29. The Morgan fingerprint density at radius 2 is 2.12 bits per heavy atom. The van der Waals surface area contributed by atoms with Gasteiger partial charge in [0.15, 0.2) is 0 Å². The molecule has 1 amide bonds. The van der Waals surface area contributed by atoms with Gasteiger partial charge in [-0.1, -0.05) is 30.4 Å². The lowest BCUT2D eigenvalue weighted by Gasteiger charge is -2.29. The number of nitrogens with zero attached hydrogens (tertiary/aromatic N) is 5. The molecule has 0 spiro atoms. The normalized spacial score (nSPS) is 14.7. The molecule has 0 aliphatic carbocycles. The summed E-state index contributed by atoms with van der Waals surface area (Å²) < 4.78 is 5.67. The first-order valence-corrected chi connectivity index (χ1v) is 11.1. The molecule has 4 rings (SSSR count). The van der Waals surface area contributed by atoms with Crippen molar-refractivity contribution in [1.29, 1.82) is 5.26 Å². The van der Waals surface area contributed by atoms with Crippen LogP contribution < -0.4 is 10.2 Å². The molecule has 0 atom stereocenters. The highest BCUT2D eigenvalue weighted by atomic mass is 32.1. The summed E-state index contributed by atoms with van der Waals surface area (Å²) in [6, 6.07) is 11.1. The van der Waals surface area contributed by atoms with Gasteiger partial charge in [0.2, 0.25) is 10.3 Å². The first kappa shape index (κ1) is 22.2. The van der Waals surface area contributed by atoms with E-state index in [4.69, 9.17) is 4.42 Å². The number of aromatic nitrogens is 2. The van der Waals surface area contributed by atoms with Crippen molar-refractivity contribution in [2.24, 2.45) is 5.92 Å². The molecule has 2 aromatic heterocycles. The molecule has 33 heavy (non-hydrogen) atoms. The lowest BCUT2D eigenvalue weighted by Crippen LogP contribution is -2.32. The lowest BCUT2D eigenvalue weighted by molar-refractivity contribution is -0.384. The summed E-state index contributed by atoms with van der Waals surface area (Å²) in [4.78, 5) is 25.2. The van der Waals surface area contributed by atoms with Gasteiger partial charge in [-0.25, -0.2) is 0 Å². The smallest absolute Gasteiger partial charge is 0.270 e. The van der Waals surface area contributed by atoms with Crippen molar-refractivity contribution in [3.63, 3.8) is 0 Å². The Morgan fingerprint density at radius 1 is 1.33 bits per heavy atom. The second-order valence-electron chi connectivity index (χ2n) is 7.69. The molecular weight excluding hydrogens is 444 g/mol. The third-order valence-electron chi connectivity index (χ3n) is 5.31. The van der Waals surface area contributed by atoms with Crippen LogP contribution in [0.1, 0.15) is 25.5 Å². The SMILES string of the molecule is CC1CCN(c2nnc(NC(=O)/C(C#N)=C\c3ccc(-c4cccc([N+](=O)[O-])c4)o3)s2)CC1. The van der Waals surface area contributed by atoms with E-state index < -0.39 is 10.8 Å². The van der Waals surface area contributed by atoms with Gasteiger partial charge in [0.25, 0.3) is 11.6 Å². The number of nitro groups is 1. The summed E-state index contributed by atoms with van der Waals surface area (Å²) >= 11 is 1.26. The average Bonchev–Trinajstić information content (AvgIpc) is 3.48. The fraction of sp³-hybridized carbons (Fsp3) is 0.273. The summed E-state index contributed by atoms with van der Waals surface area (Å²) in [6.07, 6.45) is 3.48. The van der Waals surface area contributed by atoms with Gasteiger partial charge in [0.1, 0.15) is 23.2 Å². The lowest BCUT2D eigenvalue weighted by atomic mass is 10.00. The van der Waals surface area contributed by atoms with Gasteiger partial charge in [0.05, 0.1) is 4.92 Å². The molecule has 1 fully saturated rings. The number of furan rings is 1. The number of carbonyl (C=O) groups is 1. The average molecular weight is 465 g/mol. The van der Waals surface area contributed by atoms with E-state index in [1.165, 1.54) is 29.5 Å². The molecule has 0 unspecified atom stereocenters. The van der Waals surface area contributed by atoms with Crippen LogP contribution in [0.4, 0.5) is 16.0 Å². The fourth-order valence-corrected chi connectivity index (χ4v) is 4.20. The van der Waals surface area contributed by atoms with Crippen LogP contribution in [0.25, 0.3) is 17.4 Å². The largest absolute Gasteiger partial charge is 0.457 e. The first-order valence-electron chi connectivity index (χ1n) is 10.3. The Morgan fingerprint density at radius 3 is 2.85 bits per heavy atom. The van der Waals surface area contributed by atoms with Crippen LogP contribution in [0.15, 0.2) is 46.4 Å². The highest BCUT2D eigenvalue weighted by molar-refractivity contribution is 7.19. The van der Waals surface area contributed by atoms with Crippen LogP contribution in [0.5, 0.6) is 0 Å². The van der Waals surface area contributed by atoms with E-state index >= 15 is 0 Å². The number of benzene rings is 1. The molecule has 0 radical (unpaired) electrons. The van der Waals surface area contributed by atoms with Crippen molar-refractivity contribution in [1.82, 2.24) is 10.2 Å². The van der Waals surface area contributed by atoms with E-state index in [1.807, 2.05) is 6.07 Å². The van der Waals surface area contributed by atoms with E-state index in [0.717, 1.165) is 31.1 Å². The van der Waals surface area contributed by atoms with E-state index in [2.05, 4.69) is 27.3 Å². The zero-order valence-corrected chi connectivity index (χ0v) is 18.5. The van der Waals surface area contributed by atoms with Gasteiger partial charge in [-0.3, -0.25) is 20.2 Å². The van der Waals surface area contributed by atoms with Gasteiger partial charge in [0, 0.05) is 36.9 Å². The monoisotopic (exact) mass is 464 g/mol. The van der Waals surface area contributed by atoms with Gasteiger partial charge >= 0.3 is 0 Å². The molecule has 10 nitrogen and oxygen atoms in total. The Labute approximate surface area is 193 Å². The number of carbonyl (C=O) groups excluding carboxylic acids is 1. The van der Waals surface area contributed by atoms with Crippen LogP contribution in [-0.2, 0) is 4.79 Å². The maximum absolute atomic E-state index is 12.6. The molecule has 1 N–H and O–H groups in total. The number of nitro benzene ring substituents is 1. The number of amides is 1. The summed E-state index contributed by atoms with van der Waals surface area (Å²) in [5.74, 6) is 0.715. The second-order valence-corrected chi connectivity index (χ2v) is 8.65. The number of hydrogen-bond donors (Lipinski definition) is 1. The van der Waals surface area contributed by atoms with Crippen LogP contribution in [0.2, 0.25) is 0 Å². The molecule has 3 heterocycles. The summed E-state index contributed by atoms with van der Waals surface area (Å²) in [5, 5.41) is 32.3. The van der Waals surface area contributed by atoms with Crippen LogP contribution in [0.3, 0.4) is 0 Å². The maximum atomic E-state index is 12.6. The van der Waals surface area contributed by atoms with E-state index in [-0.39, 0.29) is 17.0 Å². The topological polar surface area (TPSA) is 138 Å². The van der Waals surface area contributed by atoms with Crippen molar-refractivity contribution >= 4 is 39.3 Å².